The summed E-state index contributed by atoms with van der Waals surface area (Å²) in [6.45, 7) is 6.01. The number of carbonyl (C=O) groups is 1. The predicted molar refractivity (Wildman–Crippen MR) is 91.4 cm³/mol. The number of hydrogen-bond acceptors (Lipinski definition) is 4. The lowest BCUT2D eigenvalue weighted by Crippen LogP contribution is -2.32. The SMILES string of the molecule is CCC(C)NC(=O)c1cc(Nc2ccc(C)c(Br)c2)ncn1. The highest BCUT2D eigenvalue weighted by Crippen LogP contribution is 2.22. The Morgan fingerprint density at radius 2 is 2.09 bits per heavy atom. The Morgan fingerprint density at radius 1 is 1.32 bits per heavy atom. The van der Waals surface area contributed by atoms with Crippen molar-refractivity contribution < 1.29 is 4.79 Å². The molecule has 6 heteroatoms. The van der Waals surface area contributed by atoms with Gasteiger partial charge in [-0.25, -0.2) is 9.97 Å². The third-order valence-electron chi connectivity index (χ3n) is 3.33. The molecule has 2 N–H and O–H groups in total. The van der Waals surface area contributed by atoms with Crippen molar-refractivity contribution in [2.45, 2.75) is 33.2 Å². The standard InChI is InChI=1S/C16H19BrN4O/c1-4-11(3)20-16(22)14-8-15(19-9-18-14)21-12-6-5-10(2)13(17)7-12/h5-9,11H,4H2,1-3H3,(H,20,22)(H,18,19,21). The molecule has 0 saturated heterocycles. The molecule has 0 spiro atoms. The summed E-state index contributed by atoms with van der Waals surface area (Å²) in [5, 5.41) is 6.06. The highest BCUT2D eigenvalue weighted by atomic mass is 79.9. The van der Waals surface area contributed by atoms with E-state index in [1.165, 1.54) is 6.33 Å². The van der Waals surface area contributed by atoms with Gasteiger partial charge in [0.1, 0.15) is 17.8 Å². The van der Waals surface area contributed by atoms with Gasteiger partial charge < -0.3 is 10.6 Å². The number of hydrogen-bond donors (Lipinski definition) is 2. The Labute approximate surface area is 138 Å². The van der Waals surface area contributed by atoms with Crippen molar-refractivity contribution in [1.82, 2.24) is 15.3 Å². The van der Waals surface area contributed by atoms with Crippen LogP contribution in [-0.2, 0) is 0 Å². The molecule has 0 fully saturated rings. The second kappa shape index (κ2) is 7.35. The van der Waals surface area contributed by atoms with Crippen molar-refractivity contribution >= 4 is 33.3 Å². The third-order valence-corrected chi connectivity index (χ3v) is 4.19. The molecule has 0 bridgehead atoms. The van der Waals surface area contributed by atoms with Crippen molar-refractivity contribution in [2.75, 3.05) is 5.32 Å². The molecule has 0 aliphatic rings. The maximum atomic E-state index is 12.1. The van der Waals surface area contributed by atoms with Crippen LogP contribution in [0.15, 0.2) is 35.1 Å². The first kappa shape index (κ1) is 16.4. The average molecular weight is 363 g/mol. The first-order chi connectivity index (χ1) is 10.5. The summed E-state index contributed by atoms with van der Waals surface area (Å²) in [4.78, 5) is 20.3. The normalized spacial score (nSPS) is 11.8. The van der Waals surface area contributed by atoms with Crippen molar-refractivity contribution in [3.05, 3.63) is 46.3 Å². The minimum Gasteiger partial charge on any atom is -0.348 e. The van der Waals surface area contributed by atoms with Crippen LogP contribution in [0.1, 0.15) is 36.3 Å². The van der Waals surface area contributed by atoms with Gasteiger partial charge in [0.15, 0.2) is 0 Å². The fourth-order valence-electron chi connectivity index (χ4n) is 1.77. The van der Waals surface area contributed by atoms with Crippen molar-refractivity contribution in [3.63, 3.8) is 0 Å². The van der Waals surface area contributed by atoms with E-state index in [1.54, 1.807) is 6.07 Å². The second-order valence-corrected chi connectivity index (χ2v) is 6.01. The van der Waals surface area contributed by atoms with E-state index in [0.717, 1.165) is 22.1 Å². The summed E-state index contributed by atoms with van der Waals surface area (Å²) < 4.78 is 1.02. The molecule has 1 aromatic carbocycles. The maximum absolute atomic E-state index is 12.1. The van der Waals surface area contributed by atoms with Crippen LogP contribution in [0.2, 0.25) is 0 Å². The predicted octanol–water partition coefficient (Wildman–Crippen LogP) is 3.82. The first-order valence-electron chi connectivity index (χ1n) is 7.15. The second-order valence-electron chi connectivity index (χ2n) is 5.16. The van der Waals surface area contributed by atoms with Crippen LogP contribution in [-0.4, -0.2) is 21.9 Å². The molecule has 1 heterocycles. The van der Waals surface area contributed by atoms with Crippen molar-refractivity contribution in [1.29, 1.82) is 0 Å². The van der Waals surface area contributed by atoms with Gasteiger partial charge in [-0.3, -0.25) is 4.79 Å². The number of benzene rings is 1. The molecule has 0 saturated carbocycles. The number of aromatic nitrogens is 2. The highest BCUT2D eigenvalue weighted by molar-refractivity contribution is 9.10. The van der Waals surface area contributed by atoms with Gasteiger partial charge in [0.2, 0.25) is 0 Å². The summed E-state index contributed by atoms with van der Waals surface area (Å²) >= 11 is 3.50. The lowest BCUT2D eigenvalue weighted by Gasteiger charge is -2.11. The smallest absolute Gasteiger partial charge is 0.270 e. The van der Waals surface area contributed by atoms with Crippen LogP contribution in [0.3, 0.4) is 0 Å². The van der Waals surface area contributed by atoms with Crippen molar-refractivity contribution in [2.24, 2.45) is 0 Å². The van der Waals surface area contributed by atoms with Gasteiger partial charge in [0, 0.05) is 22.3 Å². The number of rotatable bonds is 5. The minimum atomic E-state index is -0.190. The van der Waals surface area contributed by atoms with E-state index in [2.05, 4.69) is 36.5 Å². The zero-order valence-corrected chi connectivity index (χ0v) is 14.4. The van der Waals surface area contributed by atoms with E-state index in [1.807, 2.05) is 39.0 Å². The van der Waals surface area contributed by atoms with Crippen molar-refractivity contribution in [3.8, 4) is 0 Å². The summed E-state index contributed by atoms with van der Waals surface area (Å²) in [5.41, 5.74) is 2.40. The number of carbonyl (C=O) groups excluding carboxylic acids is 1. The lowest BCUT2D eigenvalue weighted by atomic mass is 10.2. The zero-order chi connectivity index (χ0) is 16.1. The number of nitrogens with one attached hydrogen (secondary N) is 2. The summed E-state index contributed by atoms with van der Waals surface area (Å²) in [5.74, 6) is 0.393. The molecule has 1 atom stereocenters. The first-order valence-corrected chi connectivity index (χ1v) is 7.95. The molecule has 1 aromatic heterocycles. The van der Waals surface area contributed by atoms with Gasteiger partial charge >= 0.3 is 0 Å². The van der Waals surface area contributed by atoms with Gasteiger partial charge in [-0.1, -0.05) is 28.9 Å². The van der Waals surface area contributed by atoms with E-state index < -0.39 is 0 Å². The largest absolute Gasteiger partial charge is 0.348 e. The van der Waals surface area contributed by atoms with E-state index in [0.29, 0.717) is 11.5 Å². The van der Waals surface area contributed by atoms with Crippen LogP contribution >= 0.6 is 15.9 Å². The van der Waals surface area contributed by atoms with Crippen LogP contribution < -0.4 is 10.6 Å². The van der Waals surface area contributed by atoms with Gasteiger partial charge in [0.25, 0.3) is 5.91 Å². The Kier molecular flexibility index (Phi) is 5.49. The van der Waals surface area contributed by atoms with E-state index in [-0.39, 0.29) is 11.9 Å². The summed E-state index contributed by atoms with van der Waals surface area (Å²) in [6, 6.07) is 7.69. The van der Waals surface area contributed by atoms with Gasteiger partial charge in [0.05, 0.1) is 0 Å². The van der Waals surface area contributed by atoms with Crippen LogP contribution in [0.5, 0.6) is 0 Å². The zero-order valence-electron chi connectivity index (χ0n) is 12.9. The van der Waals surface area contributed by atoms with E-state index >= 15 is 0 Å². The number of anilines is 2. The minimum absolute atomic E-state index is 0.118. The summed E-state index contributed by atoms with van der Waals surface area (Å²) in [6.07, 6.45) is 2.26. The maximum Gasteiger partial charge on any atom is 0.270 e. The molecule has 116 valence electrons. The Bertz CT molecular complexity index is 675. The van der Waals surface area contributed by atoms with Gasteiger partial charge in [-0.15, -0.1) is 0 Å². The number of nitrogens with zero attached hydrogens (tertiary/aromatic N) is 2. The monoisotopic (exact) mass is 362 g/mol. The average Bonchev–Trinajstić information content (AvgIpc) is 2.51. The molecule has 0 radical (unpaired) electrons. The quantitative estimate of drug-likeness (QED) is 0.848. The van der Waals surface area contributed by atoms with Gasteiger partial charge in [-0.2, -0.15) is 0 Å². The van der Waals surface area contributed by atoms with Crippen LogP contribution in [0.4, 0.5) is 11.5 Å². The molecule has 2 aromatic rings. The Balaban J connectivity index is 2.14. The highest BCUT2D eigenvalue weighted by Gasteiger charge is 2.11. The topological polar surface area (TPSA) is 66.9 Å². The fraction of sp³-hybridized carbons (Fsp3) is 0.312. The van der Waals surface area contributed by atoms with Gasteiger partial charge in [-0.05, 0) is 38.0 Å². The number of aryl methyl sites for hydroxylation is 1. The molecular weight excluding hydrogens is 344 g/mol. The summed E-state index contributed by atoms with van der Waals surface area (Å²) in [7, 11) is 0. The Hall–Kier alpha value is -1.95. The molecule has 1 unspecified atom stereocenters. The van der Waals surface area contributed by atoms with E-state index in [4.69, 9.17) is 0 Å². The number of halogens is 1. The van der Waals surface area contributed by atoms with Crippen LogP contribution in [0, 0.1) is 6.92 Å². The molecule has 2 rings (SSSR count). The Morgan fingerprint density at radius 3 is 2.77 bits per heavy atom. The lowest BCUT2D eigenvalue weighted by molar-refractivity contribution is 0.0934. The van der Waals surface area contributed by atoms with Crippen LogP contribution in [0.25, 0.3) is 0 Å². The molecule has 5 nitrogen and oxygen atoms in total. The fourth-order valence-corrected chi connectivity index (χ4v) is 2.15. The molecule has 0 aliphatic heterocycles. The third kappa shape index (κ3) is 4.27. The molecular formula is C16H19BrN4O. The number of amides is 1. The molecule has 22 heavy (non-hydrogen) atoms. The molecule has 1 amide bonds. The van der Waals surface area contributed by atoms with E-state index in [9.17, 15) is 4.79 Å². The molecule has 0 aliphatic carbocycles.